The average Bonchev–Trinajstić information content (AvgIpc) is 2.86. The number of phenols is 1. The number of hydrogen-bond donors (Lipinski definition) is 2. The highest BCUT2D eigenvalue weighted by Crippen LogP contribution is 2.33. The van der Waals surface area contributed by atoms with E-state index in [2.05, 4.69) is 26.4 Å². The van der Waals surface area contributed by atoms with Crippen molar-refractivity contribution in [3.63, 3.8) is 0 Å². The summed E-state index contributed by atoms with van der Waals surface area (Å²) in [4.78, 5) is 19.1. The van der Waals surface area contributed by atoms with E-state index in [1.807, 2.05) is 19.1 Å². The third kappa shape index (κ3) is 4.98. The van der Waals surface area contributed by atoms with E-state index in [-0.39, 0.29) is 11.7 Å². The zero-order valence-corrected chi connectivity index (χ0v) is 21.1. The van der Waals surface area contributed by atoms with Gasteiger partial charge in [0, 0.05) is 46.4 Å². The van der Waals surface area contributed by atoms with E-state index >= 15 is 0 Å². The summed E-state index contributed by atoms with van der Waals surface area (Å²) in [5.41, 5.74) is 4.95. The van der Waals surface area contributed by atoms with Crippen molar-refractivity contribution in [1.82, 2.24) is 20.1 Å². The summed E-state index contributed by atoms with van der Waals surface area (Å²) in [6.45, 7) is 2.84. The van der Waals surface area contributed by atoms with E-state index in [1.54, 1.807) is 41.3 Å². The van der Waals surface area contributed by atoms with Crippen LogP contribution in [0.5, 0.6) is 5.75 Å². The van der Waals surface area contributed by atoms with Crippen LogP contribution in [0, 0.1) is 6.92 Å². The summed E-state index contributed by atoms with van der Waals surface area (Å²) < 4.78 is 12.1. The number of nitrogens with zero attached hydrogens (tertiary/aromatic N) is 4. The number of rotatable bonds is 4. The molecule has 5 rings (SSSR count). The van der Waals surface area contributed by atoms with Gasteiger partial charge in [-0.1, -0.05) is 11.6 Å². The summed E-state index contributed by atoms with van der Waals surface area (Å²) in [5.74, 6) is 4.99. The van der Waals surface area contributed by atoms with Gasteiger partial charge in [0.2, 0.25) is 5.95 Å². The number of phenolic OH excluding ortho intramolecular Hbond substituents is 1. The maximum absolute atomic E-state index is 12.8. The summed E-state index contributed by atoms with van der Waals surface area (Å²) in [6, 6.07) is 15.6. The highest BCUT2D eigenvalue weighted by Gasteiger charge is 2.22. The number of halogens is 1. The predicted molar refractivity (Wildman–Crippen MR) is 145 cm³/mol. The van der Waals surface area contributed by atoms with Crippen LogP contribution in [0.3, 0.4) is 0 Å². The molecular weight excluding hydrogens is 498 g/mol. The third-order valence-corrected chi connectivity index (χ3v) is 8.34. The van der Waals surface area contributed by atoms with Gasteiger partial charge in [0.15, 0.2) is 0 Å². The largest absolute Gasteiger partial charge is 0.508 e. The van der Waals surface area contributed by atoms with Crippen molar-refractivity contribution in [2.45, 2.75) is 6.92 Å². The Hall–Kier alpha value is -3.69. The fourth-order valence-corrected chi connectivity index (χ4v) is 5.67. The minimum Gasteiger partial charge on any atom is -0.508 e. The van der Waals surface area contributed by atoms with E-state index in [0.717, 1.165) is 11.1 Å². The molecule has 184 valence electrons. The van der Waals surface area contributed by atoms with Gasteiger partial charge in [-0.2, -0.15) is 0 Å². The number of anilines is 2. The number of carbonyl (C=O) groups excluding carboxylic acids is 1. The minimum atomic E-state index is -2.05. The van der Waals surface area contributed by atoms with Crippen LogP contribution >= 0.6 is 11.6 Å². The van der Waals surface area contributed by atoms with E-state index in [1.165, 1.54) is 6.07 Å². The summed E-state index contributed by atoms with van der Waals surface area (Å²) >= 11 is 6.33. The molecule has 2 heterocycles. The van der Waals surface area contributed by atoms with Crippen LogP contribution in [0.25, 0.3) is 22.2 Å². The first-order valence-corrected chi connectivity index (χ1v) is 13.8. The number of fused-ring (bicyclic) bond motifs is 1. The molecule has 0 aliphatic carbocycles. The Morgan fingerprint density at radius 2 is 1.81 bits per heavy atom. The molecule has 1 aromatic heterocycles. The van der Waals surface area contributed by atoms with Gasteiger partial charge in [-0.05, 0) is 88.0 Å². The van der Waals surface area contributed by atoms with E-state index in [9.17, 15) is 14.1 Å². The summed E-state index contributed by atoms with van der Waals surface area (Å²) in [6.07, 6.45) is 0. The first kappa shape index (κ1) is 24.0. The van der Waals surface area contributed by atoms with Crippen molar-refractivity contribution in [3.05, 3.63) is 70.7 Å². The number of hydrogen-bond acceptors (Lipinski definition) is 7. The van der Waals surface area contributed by atoms with Crippen molar-refractivity contribution in [3.8, 4) is 16.9 Å². The average molecular weight is 522 g/mol. The molecule has 2 N–H and O–H groups in total. The molecule has 0 spiro atoms. The van der Waals surface area contributed by atoms with Crippen LogP contribution in [0.2, 0.25) is 5.02 Å². The number of aromatic nitrogens is 3. The Morgan fingerprint density at radius 3 is 2.53 bits per heavy atom. The quantitative estimate of drug-likeness (QED) is 0.386. The molecule has 1 aliphatic rings. The Morgan fingerprint density at radius 1 is 1.08 bits per heavy atom. The Bertz CT molecular complexity index is 1580. The van der Waals surface area contributed by atoms with Gasteiger partial charge in [-0.25, -0.2) is 4.98 Å². The first-order valence-electron chi connectivity index (χ1n) is 11.3. The fraction of sp³-hybridized carbons (Fsp3) is 0.192. The van der Waals surface area contributed by atoms with E-state index < -0.39 is 9.52 Å². The maximum atomic E-state index is 12.8. The second-order valence-electron chi connectivity index (χ2n) is 8.83. The molecule has 0 atom stereocenters. The Labute approximate surface area is 214 Å². The lowest BCUT2D eigenvalue weighted by Gasteiger charge is -2.29. The smallest absolute Gasteiger partial charge is 0.253 e. The third-order valence-electron chi connectivity index (χ3n) is 6.15. The van der Waals surface area contributed by atoms with Gasteiger partial charge in [-0.3, -0.25) is 9.00 Å². The molecule has 0 saturated carbocycles. The summed E-state index contributed by atoms with van der Waals surface area (Å²) in [7, 11) is -2.05. The van der Waals surface area contributed by atoms with Crippen LogP contribution in [-0.2, 0) is 9.52 Å². The number of amides is 1. The molecule has 1 saturated heterocycles. The first-order chi connectivity index (χ1) is 17.2. The van der Waals surface area contributed by atoms with Crippen LogP contribution in [0.1, 0.15) is 15.9 Å². The molecule has 0 bridgehead atoms. The van der Waals surface area contributed by atoms with Crippen LogP contribution in [0.15, 0.2) is 54.6 Å². The zero-order valence-electron chi connectivity index (χ0n) is 19.6. The lowest BCUT2D eigenvalue weighted by Crippen LogP contribution is -2.43. The van der Waals surface area contributed by atoms with Gasteiger partial charge in [0.25, 0.3) is 5.91 Å². The summed E-state index contributed by atoms with van der Waals surface area (Å²) in [5, 5.41) is 22.0. The molecule has 0 radical (unpaired) electrons. The highest BCUT2D eigenvalue weighted by atomic mass is 35.5. The van der Waals surface area contributed by atoms with Gasteiger partial charge in [0.1, 0.15) is 11.3 Å². The fourth-order valence-electron chi connectivity index (χ4n) is 4.13. The molecule has 36 heavy (non-hydrogen) atoms. The molecule has 1 amide bonds. The van der Waals surface area contributed by atoms with Crippen molar-refractivity contribution in [2.75, 3.05) is 29.9 Å². The Balaban J connectivity index is 1.34. The highest BCUT2D eigenvalue weighted by molar-refractivity contribution is 8.00. The second kappa shape index (κ2) is 9.40. The maximum Gasteiger partial charge on any atom is 0.253 e. The number of carbonyl (C=O) groups is 1. The van der Waals surface area contributed by atoms with Crippen molar-refractivity contribution in [2.24, 2.45) is 0 Å². The van der Waals surface area contributed by atoms with Crippen molar-refractivity contribution in [1.29, 1.82) is 0 Å². The van der Waals surface area contributed by atoms with E-state index in [0.29, 0.717) is 63.4 Å². The molecule has 1 aliphatic heterocycles. The molecular formula is C26H24ClN5O3S. The predicted octanol–water partition coefficient (Wildman–Crippen LogP) is 4.28. The molecule has 8 nitrogen and oxygen atoms in total. The molecule has 10 heteroatoms. The van der Waals surface area contributed by atoms with E-state index in [4.69, 9.17) is 11.6 Å². The number of nitrogens with one attached hydrogen (secondary N) is 1. The zero-order chi connectivity index (χ0) is 25.4. The number of aromatic hydroxyl groups is 1. The van der Waals surface area contributed by atoms with Crippen LogP contribution in [0.4, 0.5) is 11.6 Å². The van der Waals surface area contributed by atoms with Gasteiger partial charge >= 0.3 is 0 Å². The van der Waals surface area contributed by atoms with Crippen LogP contribution in [-0.4, -0.2) is 65.8 Å². The SMILES string of the molecule is C=S1(=O)CCN(C(=O)c2ccc(Nc3nnc4cc(-c5cc(O)ccc5Cl)cc(C)c4n3)cc2)CC1. The van der Waals surface area contributed by atoms with Gasteiger partial charge in [0.05, 0.1) is 5.52 Å². The topological polar surface area (TPSA) is 108 Å². The molecule has 4 aromatic rings. The number of aryl methyl sites for hydroxylation is 1. The van der Waals surface area contributed by atoms with Crippen molar-refractivity contribution >= 4 is 55.6 Å². The molecule has 0 unspecified atom stereocenters. The normalized spacial score (nSPS) is 15.1. The lowest BCUT2D eigenvalue weighted by atomic mass is 10.0. The van der Waals surface area contributed by atoms with Crippen LogP contribution < -0.4 is 5.32 Å². The monoisotopic (exact) mass is 521 g/mol. The molecule has 1 fully saturated rings. The second-order valence-corrected chi connectivity index (χ2v) is 12.0. The minimum absolute atomic E-state index is 0.0849. The van der Waals surface area contributed by atoms with Gasteiger partial charge < -0.3 is 15.3 Å². The standard InChI is InChI=1S/C26H24ClN5O3S/c1-16-13-18(21-15-20(33)7-8-22(21)27)14-23-24(16)29-26(31-30-23)28-19-5-3-17(4-6-19)25(34)32-9-11-36(2,35)12-10-32/h3-8,13-15,33H,2,9-12H2,1H3,(H,28,29,31). The molecule has 3 aromatic carbocycles. The Kier molecular flexibility index (Phi) is 6.27. The lowest BCUT2D eigenvalue weighted by molar-refractivity contribution is 0.0771. The number of benzene rings is 3. The van der Waals surface area contributed by atoms with Gasteiger partial charge in [-0.15, -0.1) is 10.2 Å². The van der Waals surface area contributed by atoms with Crippen molar-refractivity contribution < 1.29 is 14.1 Å².